The molecule has 1 aromatic heterocycles. The second-order valence-corrected chi connectivity index (χ2v) is 6.97. The van der Waals surface area contributed by atoms with Gasteiger partial charge in [0, 0.05) is 37.3 Å². The number of halogens is 1. The van der Waals surface area contributed by atoms with Gasteiger partial charge in [-0.3, -0.25) is 4.79 Å². The van der Waals surface area contributed by atoms with Gasteiger partial charge in [-0.25, -0.2) is 14.4 Å². The van der Waals surface area contributed by atoms with Crippen molar-refractivity contribution in [2.75, 3.05) is 19.7 Å². The Labute approximate surface area is 157 Å². The molecule has 1 amide bonds. The van der Waals surface area contributed by atoms with Gasteiger partial charge in [0.15, 0.2) is 0 Å². The second-order valence-electron chi connectivity index (χ2n) is 6.97. The Balaban J connectivity index is 1.31. The van der Waals surface area contributed by atoms with Crippen molar-refractivity contribution in [3.63, 3.8) is 0 Å². The zero-order valence-corrected chi connectivity index (χ0v) is 15.2. The highest BCUT2D eigenvalue weighted by atomic mass is 19.1. The maximum atomic E-state index is 13.1. The lowest BCUT2D eigenvalue weighted by Crippen LogP contribution is -2.37. The summed E-state index contributed by atoms with van der Waals surface area (Å²) in [7, 11) is 0. The van der Waals surface area contributed by atoms with Crippen LogP contribution in [0.5, 0.6) is 5.75 Å². The van der Waals surface area contributed by atoms with Gasteiger partial charge in [-0.15, -0.1) is 0 Å². The molecule has 0 saturated carbocycles. The van der Waals surface area contributed by atoms with E-state index < -0.39 is 0 Å². The number of amides is 1. The minimum atomic E-state index is -0.348. The van der Waals surface area contributed by atoms with Crippen LogP contribution in [0.15, 0.2) is 30.5 Å². The normalized spacial score (nSPS) is 19.0. The molecule has 1 aromatic carbocycles. The first-order valence-electron chi connectivity index (χ1n) is 9.43. The highest BCUT2D eigenvalue weighted by Crippen LogP contribution is 2.23. The Morgan fingerprint density at radius 3 is 3.15 bits per heavy atom. The zero-order chi connectivity index (χ0) is 18.6. The molecule has 0 aliphatic carbocycles. The van der Waals surface area contributed by atoms with E-state index in [0.29, 0.717) is 18.8 Å². The van der Waals surface area contributed by atoms with E-state index in [1.807, 2.05) is 11.1 Å². The monoisotopic (exact) mass is 370 g/mol. The van der Waals surface area contributed by atoms with E-state index >= 15 is 0 Å². The molecule has 0 bridgehead atoms. The van der Waals surface area contributed by atoms with Crippen molar-refractivity contribution in [2.24, 2.45) is 0 Å². The number of hydrogen-bond acceptors (Lipinski definition) is 5. The number of nitrogens with zero attached hydrogens (tertiary/aromatic N) is 3. The molecular weight excluding hydrogens is 347 g/mol. The van der Waals surface area contributed by atoms with Crippen LogP contribution in [0.2, 0.25) is 0 Å². The molecule has 1 fully saturated rings. The second kappa shape index (κ2) is 8.00. The number of nitrogens with one attached hydrogen (secondary N) is 1. The third kappa shape index (κ3) is 4.24. The smallest absolute Gasteiger partial charge is 0.226 e. The Bertz CT molecular complexity index is 823. The van der Waals surface area contributed by atoms with Gasteiger partial charge in [0.25, 0.3) is 0 Å². The average molecular weight is 370 g/mol. The summed E-state index contributed by atoms with van der Waals surface area (Å²) in [5.74, 6) is 0.986. The molecule has 27 heavy (non-hydrogen) atoms. The van der Waals surface area contributed by atoms with Crippen molar-refractivity contribution in [3.8, 4) is 5.75 Å². The molecule has 1 N–H and O–H groups in total. The number of aromatic nitrogens is 2. The van der Waals surface area contributed by atoms with E-state index in [1.54, 1.807) is 12.1 Å². The summed E-state index contributed by atoms with van der Waals surface area (Å²) in [5, 5.41) is 3.42. The lowest BCUT2D eigenvalue weighted by Gasteiger charge is -2.28. The third-order valence-corrected chi connectivity index (χ3v) is 5.06. The van der Waals surface area contributed by atoms with E-state index in [9.17, 15) is 9.18 Å². The quantitative estimate of drug-likeness (QED) is 0.875. The van der Waals surface area contributed by atoms with E-state index in [-0.39, 0.29) is 30.8 Å². The number of hydrogen-bond donors (Lipinski definition) is 1. The molecule has 1 atom stereocenters. The highest BCUT2D eigenvalue weighted by molar-refractivity contribution is 5.76. The van der Waals surface area contributed by atoms with Gasteiger partial charge in [-0.2, -0.15) is 0 Å². The van der Waals surface area contributed by atoms with Gasteiger partial charge in [0.1, 0.15) is 17.4 Å². The molecule has 7 heteroatoms. The molecule has 1 saturated heterocycles. The summed E-state index contributed by atoms with van der Waals surface area (Å²) in [4.78, 5) is 23.5. The lowest BCUT2D eigenvalue weighted by molar-refractivity contribution is -0.132. The summed E-state index contributed by atoms with van der Waals surface area (Å²) in [6.45, 7) is 2.44. The molecule has 6 nitrogen and oxygen atoms in total. The molecule has 142 valence electrons. The predicted molar refractivity (Wildman–Crippen MR) is 97.6 cm³/mol. The molecule has 0 radical (unpaired) electrons. The maximum Gasteiger partial charge on any atom is 0.226 e. The summed E-state index contributed by atoms with van der Waals surface area (Å²) in [6.07, 6.45) is 5.10. The van der Waals surface area contributed by atoms with Gasteiger partial charge < -0.3 is 15.0 Å². The maximum absolute atomic E-state index is 13.1. The zero-order valence-electron chi connectivity index (χ0n) is 15.2. The number of carbonyl (C=O) groups excluding carboxylic acids is 1. The van der Waals surface area contributed by atoms with Crippen LogP contribution < -0.4 is 10.1 Å². The number of carbonyl (C=O) groups is 1. The van der Waals surface area contributed by atoms with Crippen LogP contribution in [0.3, 0.4) is 0 Å². The lowest BCUT2D eigenvalue weighted by atomic mass is 10.1. The van der Waals surface area contributed by atoms with Crippen LogP contribution >= 0.6 is 0 Å². The summed E-state index contributed by atoms with van der Waals surface area (Å²) < 4.78 is 18.6. The van der Waals surface area contributed by atoms with Crippen molar-refractivity contribution < 1.29 is 13.9 Å². The van der Waals surface area contributed by atoms with Crippen molar-refractivity contribution in [1.82, 2.24) is 20.2 Å². The van der Waals surface area contributed by atoms with Gasteiger partial charge >= 0.3 is 0 Å². The number of rotatable bonds is 5. The fourth-order valence-corrected chi connectivity index (χ4v) is 3.59. The predicted octanol–water partition coefficient (Wildman–Crippen LogP) is 2.39. The standard InChI is InChI=1S/C20H23FN4O2/c21-15-3-1-4-16(11-15)27-10-7-19(26)25-9-6-17-14(13-25)12-23-20(24-17)18-5-2-8-22-18/h1,3-4,11-12,18,22H,2,5-10,13H2. The van der Waals surface area contributed by atoms with Crippen LogP contribution in [0.1, 0.15) is 42.4 Å². The van der Waals surface area contributed by atoms with Crippen molar-refractivity contribution in [3.05, 3.63) is 53.4 Å². The van der Waals surface area contributed by atoms with Crippen molar-refractivity contribution in [1.29, 1.82) is 0 Å². The minimum absolute atomic E-state index is 0.0265. The molecular formula is C20H23FN4O2. The van der Waals surface area contributed by atoms with Gasteiger partial charge in [0.05, 0.1) is 24.8 Å². The van der Waals surface area contributed by atoms with Crippen LogP contribution in [0.25, 0.3) is 0 Å². The Morgan fingerprint density at radius 2 is 2.33 bits per heavy atom. The van der Waals surface area contributed by atoms with E-state index in [1.165, 1.54) is 12.1 Å². The minimum Gasteiger partial charge on any atom is -0.493 e. The van der Waals surface area contributed by atoms with Crippen LogP contribution in [-0.4, -0.2) is 40.5 Å². The van der Waals surface area contributed by atoms with Crippen molar-refractivity contribution >= 4 is 5.91 Å². The number of benzene rings is 1. The fourth-order valence-electron chi connectivity index (χ4n) is 3.59. The van der Waals surface area contributed by atoms with Crippen LogP contribution in [0.4, 0.5) is 4.39 Å². The van der Waals surface area contributed by atoms with Gasteiger partial charge in [-0.05, 0) is 31.5 Å². The number of fused-ring (bicyclic) bond motifs is 1. The SMILES string of the molecule is O=C(CCOc1cccc(F)c1)N1CCc2nc(C3CCCN3)ncc2C1. The summed E-state index contributed by atoms with van der Waals surface area (Å²) >= 11 is 0. The van der Waals surface area contributed by atoms with Crippen LogP contribution in [-0.2, 0) is 17.8 Å². The highest BCUT2D eigenvalue weighted by Gasteiger charge is 2.25. The van der Waals surface area contributed by atoms with Gasteiger partial charge in [0.2, 0.25) is 5.91 Å². The Morgan fingerprint density at radius 1 is 1.41 bits per heavy atom. The Hall–Kier alpha value is -2.54. The van der Waals surface area contributed by atoms with E-state index in [2.05, 4.69) is 10.3 Å². The molecule has 2 aliphatic heterocycles. The number of ether oxygens (including phenoxy) is 1. The van der Waals surface area contributed by atoms with Crippen molar-refractivity contribution in [2.45, 2.75) is 38.3 Å². The largest absolute Gasteiger partial charge is 0.493 e. The molecule has 0 spiro atoms. The Kier molecular flexibility index (Phi) is 5.29. The average Bonchev–Trinajstić information content (AvgIpc) is 3.22. The van der Waals surface area contributed by atoms with E-state index in [4.69, 9.17) is 9.72 Å². The third-order valence-electron chi connectivity index (χ3n) is 5.06. The van der Waals surface area contributed by atoms with Crippen LogP contribution in [0, 0.1) is 5.82 Å². The molecule has 3 heterocycles. The summed E-state index contributed by atoms with van der Waals surface area (Å²) in [5.41, 5.74) is 2.07. The molecule has 1 unspecified atom stereocenters. The van der Waals surface area contributed by atoms with Gasteiger partial charge in [-0.1, -0.05) is 6.07 Å². The van der Waals surface area contributed by atoms with E-state index in [0.717, 1.165) is 42.9 Å². The fraction of sp³-hybridized carbons (Fsp3) is 0.450. The first-order chi connectivity index (χ1) is 13.2. The molecule has 4 rings (SSSR count). The first-order valence-corrected chi connectivity index (χ1v) is 9.43. The molecule has 2 aromatic rings. The molecule has 2 aliphatic rings. The first kappa shape index (κ1) is 17.9. The summed E-state index contributed by atoms with van der Waals surface area (Å²) in [6, 6.07) is 6.20. The topological polar surface area (TPSA) is 67.3 Å².